The smallest absolute Gasteiger partial charge is 0.266 e. The van der Waals surface area contributed by atoms with E-state index < -0.39 is 5.95 Å². The molecule has 3 unspecified atom stereocenters. The number of hydrogen-bond acceptors (Lipinski definition) is 5. The largest absolute Gasteiger partial charge is 0.457 e. The Morgan fingerprint density at radius 1 is 1.30 bits per heavy atom. The van der Waals surface area contributed by atoms with Gasteiger partial charge in [0, 0.05) is 18.3 Å². The normalized spacial score (nSPS) is 28.7. The van der Waals surface area contributed by atoms with Crippen LogP contribution in [0.3, 0.4) is 0 Å². The average Bonchev–Trinajstić information content (AvgIpc) is 3.42. The number of hydrogen-bond donors (Lipinski definition) is 0. The second-order valence-corrected chi connectivity index (χ2v) is 9.01. The summed E-state index contributed by atoms with van der Waals surface area (Å²) in [6.45, 7) is 0. The SMILES string of the molecule is O=C1/C(=C/c2ccc(-c3cccnc3F)o2)SC(=S)N1C1CC2CCC1C2. The van der Waals surface area contributed by atoms with Crippen molar-refractivity contribution in [2.24, 2.45) is 11.8 Å². The van der Waals surface area contributed by atoms with Gasteiger partial charge in [-0.15, -0.1) is 0 Å². The van der Waals surface area contributed by atoms with Crippen LogP contribution in [0.2, 0.25) is 0 Å². The predicted octanol–water partition coefficient (Wildman–Crippen LogP) is 4.87. The Labute approximate surface area is 165 Å². The molecule has 138 valence electrons. The molecule has 2 aliphatic carbocycles. The number of thioether (sulfide) groups is 1. The molecule has 3 atom stereocenters. The summed E-state index contributed by atoms with van der Waals surface area (Å²) in [5, 5.41) is 0. The summed E-state index contributed by atoms with van der Waals surface area (Å²) in [5.74, 6) is 1.60. The van der Waals surface area contributed by atoms with E-state index in [4.69, 9.17) is 16.6 Å². The van der Waals surface area contributed by atoms with Gasteiger partial charge in [0.15, 0.2) is 0 Å². The number of carbonyl (C=O) groups is 1. The average molecular weight is 401 g/mol. The van der Waals surface area contributed by atoms with Crippen LogP contribution in [-0.2, 0) is 4.79 Å². The predicted molar refractivity (Wildman–Crippen MR) is 106 cm³/mol. The highest BCUT2D eigenvalue weighted by Crippen LogP contribution is 2.49. The highest BCUT2D eigenvalue weighted by atomic mass is 32.2. The molecular formula is C20H17FN2O2S2. The fourth-order valence-electron chi connectivity index (χ4n) is 4.57. The first-order valence-corrected chi connectivity index (χ1v) is 10.3. The fraction of sp³-hybridized carbons (Fsp3) is 0.350. The Balaban J connectivity index is 1.39. The van der Waals surface area contributed by atoms with Crippen molar-refractivity contribution in [3.05, 3.63) is 47.1 Å². The first kappa shape index (κ1) is 17.1. The van der Waals surface area contributed by atoms with Gasteiger partial charge in [-0.1, -0.05) is 30.4 Å². The summed E-state index contributed by atoms with van der Waals surface area (Å²) in [4.78, 5) is 19.0. The molecule has 2 bridgehead atoms. The summed E-state index contributed by atoms with van der Waals surface area (Å²) in [6, 6.07) is 6.92. The minimum Gasteiger partial charge on any atom is -0.457 e. The third-order valence-corrected chi connectivity index (χ3v) is 7.11. The summed E-state index contributed by atoms with van der Waals surface area (Å²) < 4.78 is 20.2. The van der Waals surface area contributed by atoms with Crippen LogP contribution in [0.15, 0.2) is 39.8 Å². The number of halogens is 1. The molecule has 2 aromatic heterocycles. The first-order valence-electron chi connectivity index (χ1n) is 9.08. The second kappa shape index (κ2) is 6.56. The van der Waals surface area contributed by atoms with Gasteiger partial charge in [-0.05, 0) is 55.4 Å². The number of carbonyl (C=O) groups excluding carboxylic acids is 1. The molecule has 0 aromatic carbocycles. The summed E-state index contributed by atoms with van der Waals surface area (Å²) in [6.07, 6.45) is 7.86. The van der Waals surface area contributed by atoms with E-state index in [1.54, 1.807) is 30.3 Å². The molecule has 1 saturated heterocycles. The van der Waals surface area contributed by atoms with Crippen molar-refractivity contribution in [3.8, 4) is 11.3 Å². The van der Waals surface area contributed by atoms with Crippen LogP contribution in [0.4, 0.5) is 4.39 Å². The van der Waals surface area contributed by atoms with E-state index in [9.17, 15) is 9.18 Å². The number of nitrogens with zero attached hydrogens (tertiary/aromatic N) is 2. The molecular weight excluding hydrogens is 383 g/mol. The molecule has 0 spiro atoms. The summed E-state index contributed by atoms with van der Waals surface area (Å²) >= 11 is 6.82. The van der Waals surface area contributed by atoms with Crippen molar-refractivity contribution in [1.82, 2.24) is 9.88 Å². The van der Waals surface area contributed by atoms with E-state index in [0.29, 0.717) is 32.2 Å². The van der Waals surface area contributed by atoms with E-state index in [2.05, 4.69) is 4.98 Å². The van der Waals surface area contributed by atoms with Crippen LogP contribution < -0.4 is 0 Å². The number of thiocarbonyl (C=S) groups is 1. The number of amides is 1. The van der Waals surface area contributed by atoms with Gasteiger partial charge in [-0.3, -0.25) is 9.69 Å². The van der Waals surface area contributed by atoms with Crippen molar-refractivity contribution in [2.45, 2.75) is 31.7 Å². The monoisotopic (exact) mass is 400 g/mol. The molecule has 3 heterocycles. The zero-order valence-electron chi connectivity index (χ0n) is 14.4. The third kappa shape index (κ3) is 2.93. The van der Waals surface area contributed by atoms with Crippen molar-refractivity contribution < 1.29 is 13.6 Å². The Hall–Kier alpha value is -1.99. The van der Waals surface area contributed by atoms with E-state index >= 15 is 0 Å². The van der Waals surface area contributed by atoms with E-state index in [0.717, 1.165) is 12.3 Å². The van der Waals surface area contributed by atoms with Crippen LogP contribution in [0.1, 0.15) is 31.4 Å². The number of furan rings is 1. The molecule has 2 aromatic rings. The molecule has 1 amide bonds. The van der Waals surface area contributed by atoms with Gasteiger partial charge >= 0.3 is 0 Å². The van der Waals surface area contributed by atoms with Gasteiger partial charge in [0.2, 0.25) is 5.95 Å². The third-order valence-electron chi connectivity index (χ3n) is 5.78. The van der Waals surface area contributed by atoms with Crippen molar-refractivity contribution in [3.63, 3.8) is 0 Å². The molecule has 1 aliphatic heterocycles. The molecule has 0 radical (unpaired) electrons. The van der Waals surface area contributed by atoms with E-state index in [1.807, 2.05) is 4.90 Å². The highest BCUT2D eigenvalue weighted by Gasteiger charge is 2.47. The molecule has 3 fully saturated rings. The lowest BCUT2D eigenvalue weighted by atomic mass is 9.94. The quantitative estimate of drug-likeness (QED) is 0.418. The molecule has 3 aliphatic rings. The number of fused-ring (bicyclic) bond motifs is 2. The number of pyridine rings is 1. The Morgan fingerprint density at radius 2 is 2.19 bits per heavy atom. The number of rotatable bonds is 3. The zero-order chi connectivity index (χ0) is 18.5. The minimum atomic E-state index is -0.582. The van der Waals surface area contributed by atoms with Crippen molar-refractivity contribution >= 4 is 40.3 Å². The molecule has 27 heavy (non-hydrogen) atoms. The lowest BCUT2D eigenvalue weighted by Gasteiger charge is -2.30. The van der Waals surface area contributed by atoms with Crippen LogP contribution in [0.25, 0.3) is 17.4 Å². The van der Waals surface area contributed by atoms with Gasteiger partial charge in [0.05, 0.1) is 10.5 Å². The number of aromatic nitrogens is 1. The highest BCUT2D eigenvalue weighted by molar-refractivity contribution is 8.26. The molecule has 4 nitrogen and oxygen atoms in total. The fourth-order valence-corrected chi connectivity index (χ4v) is 5.92. The van der Waals surface area contributed by atoms with Gasteiger partial charge < -0.3 is 4.42 Å². The Morgan fingerprint density at radius 3 is 2.93 bits per heavy atom. The summed E-state index contributed by atoms with van der Waals surface area (Å²) in [5.41, 5.74) is 0.298. The van der Waals surface area contributed by atoms with Crippen LogP contribution >= 0.6 is 24.0 Å². The van der Waals surface area contributed by atoms with Gasteiger partial charge in [0.1, 0.15) is 15.8 Å². The van der Waals surface area contributed by atoms with Crippen LogP contribution in [0.5, 0.6) is 0 Å². The van der Waals surface area contributed by atoms with Crippen molar-refractivity contribution in [1.29, 1.82) is 0 Å². The topological polar surface area (TPSA) is 46.3 Å². The van der Waals surface area contributed by atoms with E-state index in [1.165, 1.54) is 37.2 Å². The maximum Gasteiger partial charge on any atom is 0.266 e. The van der Waals surface area contributed by atoms with Crippen LogP contribution in [-0.4, -0.2) is 26.2 Å². The lowest BCUT2D eigenvalue weighted by Crippen LogP contribution is -2.41. The first-order chi connectivity index (χ1) is 13.1. The maximum absolute atomic E-state index is 13.8. The lowest BCUT2D eigenvalue weighted by molar-refractivity contribution is -0.124. The standard InChI is InChI=1S/C20H17FN2O2S2/c21-18-14(2-1-7-22-18)16-6-5-13(25-16)10-17-19(24)23(20(26)27-17)15-9-11-3-4-12(15)8-11/h1-2,5-7,10-12,15H,3-4,8-9H2/b17-10-. The van der Waals surface area contributed by atoms with Gasteiger partial charge in [0.25, 0.3) is 5.91 Å². The van der Waals surface area contributed by atoms with Gasteiger partial charge in [-0.2, -0.15) is 4.39 Å². The molecule has 0 N–H and O–H groups in total. The molecule has 7 heteroatoms. The van der Waals surface area contributed by atoms with Crippen molar-refractivity contribution in [2.75, 3.05) is 0 Å². The van der Waals surface area contributed by atoms with Gasteiger partial charge in [-0.25, -0.2) is 4.98 Å². The molecule has 2 saturated carbocycles. The van der Waals surface area contributed by atoms with Crippen LogP contribution in [0, 0.1) is 17.8 Å². The minimum absolute atomic E-state index is 0.0342. The zero-order valence-corrected chi connectivity index (χ0v) is 16.1. The Bertz CT molecular complexity index is 970. The second-order valence-electron chi connectivity index (χ2n) is 7.34. The maximum atomic E-state index is 13.8. The molecule has 5 rings (SSSR count). The Kier molecular flexibility index (Phi) is 4.16. The summed E-state index contributed by atoms with van der Waals surface area (Å²) in [7, 11) is 0. The van der Waals surface area contributed by atoms with E-state index in [-0.39, 0.29) is 11.9 Å².